The fourth-order valence-electron chi connectivity index (χ4n) is 2.72. The molecule has 1 saturated carbocycles. The van der Waals surface area contributed by atoms with Gasteiger partial charge in [0.15, 0.2) is 0 Å². The molecule has 0 amide bonds. The van der Waals surface area contributed by atoms with Crippen LogP contribution >= 0.6 is 0 Å². The number of nitrogen functional groups attached to an aromatic ring is 1. The van der Waals surface area contributed by atoms with E-state index in [1.54, 1.807) is 0 Å². The summed E-state index contributed by atoms with van der Waals surface area (Å²) in [5, 5.41) is 4.41. The molecule has 3 nitrogen and oxygen atoms in total. The van der Waals surface area contributed by atoms with E-state index in [2.05, 4.69) is 29.7 Å². The minimum Gasteiger partial charge on any atom is -0.382 e. The van der Waals surface area contributed by atoms with Crippen LogP contribution < -0.4 is 5.73 Å². The third kappa shape index (κ3) is 2.39. The minimum atomic E-state index is 0.413. The first-order valence-electron chi connectivity index (χ1n) is 6.53. The summed E-state index contributed by atoms with van der Waals surface area (Å²) < 4.78 is 2.12. The number of hydrogen-bond acceptors (Lipinski definition) is 2. The maximum absolute atomic E-state index is 5.83. The van der Waals surface area contributed by atoms with Gasteiger partial charge >= 0.3 is 0 Å². The molecule has 1 aliphatic carbocycles. The number of rotatable bonds is 2. The van der Waals surface area contributed by atoms with Crippen molar-refractivity contribution in [1.29, 1.82) is 0 Å². The SMILES string of the molecule is CC(C)n1nc(N)cc1C1CCCCCC1. The predicted molar refractivity (Wildman–Crippen MR) is 67.5 cm³/mol. The van der Waals surface area contributed by atoms with Crippen LogP contribution in [0.4, 0.5) is 5.82 Å². The Morgan fingerprint density at radius 1 is 1.25 bits per heavy atom. The van der Waals surface area contributed by atoms with Crippen LogP contribution in [-0.4, -0.2) is 9.78 Å². The third-order valence-electron chi connectivity index (χ3n) is 3.55. The zero-order valence-electron chi connectivity index (χ0n) is 10.4. The summed E-state index contributed by atoms with van der Waals surface area (Å²) in [5.74, 6) is 1.35. The van der Waals surface area contributed by atoms with Crippen molar-refractivity contribution in [3.05, 3.63) is 11.8 Å². The highest BCUT2D eigenvalue weighted by molar-refractivity contribution is 5.31. The topological polar surface area (TPSA) is 43.8 Å². The molecular formula is C13H23N3. The van der Waals surface area contributed by atoms with E-state index >= 15 is 0 Å². The molecule has 1 aromatic heterocycles. The maximum Gasteiger partial charge on any atom is 0.145 e. The van der Waals surface area contributed by atoms with E-state index in [1.165, 1.54) is 44.2 Å². The highest BCUT2D eigenvalue weighted by Gasteiger charge is 2.20. The van der Waals surface area contributed by atoms with Crippen molar-refractivity contribution in [1.82, 2.24) is 9.78 Å². The van der Waals surface area contributed by atoms with E-state index in [0.717, 1.165) is 0 Å². The van der Waals surface area contributed by atoms with E-state index in [9.17, 15) is 0 Å². The molecule has 0 spiro atoms. The highest BCUT2D eigenvalue weighted by Crippen LogP contribution is 2.33. The molecule has 1 aliphatic rings. The van der Waals surface area contributed by atoms with Gasteiger partial charge in [-0.25, -0.2) is 0 Å². The molecule has 1 aromatic rings. The molecule has 3 heteroatoms. The normalized spacial score (nSPS) is 18.9. The van der Waals surface area contributed by atoms with Gasteiger partial charge in [-0.05, 0) is 26.7 Å². The average molecular weight is 221 g/mol. The lowest BCUT2D eigenvalue weighted by Crippen LogP contribution is -2.11. The first kappa shape index (κ1) is 11.5. The van der Waals surface area contributed by atoms with Gasteiger partial charge in [0.2, 0.25) is 0 Å². The average Bonchev–Trinajstić information content (AvgIpc) is 2.49. The van der Waals surface area contributed by atoms with Gasteiger partial charge in [0.1, 0.15) is 5.82 Å². The first-order valence-corrected chi connectivity index (χ1v) is 6.53. The number of nitrogens with two attached hydrogens (primary N) is 1. The van der Waals surface area contributed by atoms with Crippen LogP contribution in [0.3, 0.4) is 0 Å². The van der Waals surface area contributed by atoms with Crippen LogP contribution in [0.25, 0.3) is 0 Å². The molecule has 0 aliphatic heterocycles. The van der Waals surface area contributed by atoms with Crippen molar-refractivity contribution >= 4 is 5.82 Å². The summed E-state index contributed by atoms with van der Waals surface area (Å²) in [5.41, 5.74) is 7.19. The predicted octanol–water partition coefficient (Wildman–Crippen LogP) is 3.48. The molecule has 0 radical (unpaired) electrons. The molecule has 0 aromatic carbocycles. The second-order valence-corrected chi connectivity index (χ2v) is 5.22. The molecule has 0 atom stereocenters. The number of nitrogens with zero attached hydrogens (tertiary/aromatic N) is 2. The van der Waals surface area contributed by atoms with Crippen LogP contribution in [0.1, 0.15) is 70.0 Å². The summed E-state index contributed by atoms with van der Waals surface area (Å²) in [6.45, 7) is 4.35. The molecule has 1 heterocycles. The molecule has 2 rings (SSSR count). The van der Waals surface area contributed by atoms with Gasteiger partial charge in [-0.3, -0.25) is 4.68 Å². The van der Waals surface area contributed by atoms with Crippen LogP contribution in [-0.2, 0) is 0 Å². The Morgan fingerprint density at radius 2 is 1.88 bits per heavy atom. The zero-order chi connectivity index (χ0) is 11.5. The van der Waals surface area contributed by atoms with Crippen molar-refractivity contribution in [2.24, 2.45) is 0 Å². The molecule has 1 fully saturated rings. The minimum absolute atomic E-state index is 0.413. The molecule has 0 saturated heterocycles. The molecule has 0 unspecified atom stereocenters. The van der Waals surface area contributed by atoms with Crippen molar-refractivity contribution < 1.29 is 0 Å². The lowest BCUT2D eigenvalue weighted by molar-refractivity contribution is 0.464. The Hall–Kier alpha value is -0.990. The van der Waals surface area contributed by atoms with Crippen molar-refractivity contribution in [3.63, 3.8) is 0 Å². The Morgan fingerprint density at radius 3 is 2.44 bits per heavy atom. The first-order chi connectivity index (χ1) is 7.68. The van der Waals surface area contributed by atoms with E-state index in [1.807, 2.05) is 0 Å². The monoisotopic (exact) mass is 221 g/mol. The third-order valence-corrected chi connectivity index (χ3v) is 3.55. The molecule has 2 N–H and O–H groups in total. The second kappa shape index (κ2) is 4.89. The molecule has 16 heavy (non-hydrogen) atoms. The van der Waals surface area contributed by atoms with Gasteiger partial charge in [0, 0.05) is 23.7 Å². The molecule has 0 bridgehead atoms. The summed E-state index contributed by atoms with van der Waals surface area (Å²) in [6.07, 6.45) is 8.10. The Labute approximate surface area is 98.0 Å². The standard InChI is InChI=1S/C13H23N3/c1-10(2)16-12(9-13(14)15-16)11-7-5-3-4-6-8-11/h9-11H,3-8H2,1-2H3,(H2,14,15). The van der Waals surface area contributed by atoms with Crippen LogP contribution in [0.5, 0.6) is 0 Å². The van der Waals surface area contributed by atoms with Crippen molar-refractivity contribution in [2.75, 3.05) is 5.73 Å². The summed E-state index contributed by atoms with van der Waals surface area (Å²) >= 11 is 0. The summed E-state index contributed by atoms with van der Waals surface area (Å²) in [4.78, 5) is 0. The Balaban J connectivity index is 2.23. The fraction of sp³-hybridized carbons (Fsp3) is 0.769. The lowest BCUT2D eigenvalue weighted by atomic mass is 9.96. The zero-order valence-corrected chi connectivity index (χ0v) is 10.4. The van der Waals surface area contributed by atoms with Gasteiger partial charge in [0.05, 0.1) is 0 Å². The van der Waals surface area contributed by atoms with E-state index < -0.39 is 0 Å². The van der Waals surface area contributed by atoms with E-state index in [4.69, 9.17) is 5.73 Å². The van der Waals surface area contributed by atoms with Gasteiger partial charge in [0.25, 0.3) is 0 Å². The van der Waals surface area contributed by atoms with Crippen LogP contribution in [0.2, 0.25) is 0 Å². The van der Waals surface area contributed by atoms with Gasteiger partial charge in [-0.2, -0.15) is 5.10 Å². The fourth-order valence-corrected chi connectivity index (χ4v) is 2.72. The largest absolute Gasteiger partial charge is 0.382 e. The number of anilines is 1. The summed E-state index contributed by atoms with van der Waals surface area (Å²) in [6, 6.07) is 2.49. The van der Waals surface area contributed by atoms with Gasteiger partial charge in [-0.1, -0.05) is 25.7 Å². The number of aromatic nitrogens is 2. The Kier molecular flexibility index (Phi) is 3.52. The number of hydrogen-bond donors (Lipinski definition) is 1. The summed E-state index contributed by atoms with van der Waals surface area (Å²) in [7, 11) is 0. The quantitative estimate of drug-likeness (QED) is 0.777. The molecule has 90 valence electrons. The Bertz CT molecular complexity index is 333. The smallest absolute Gasteiger partial charge is 0.145 e. The highest BCUT2D eigenvalue weighted by atomic mass is 15.3. The van der Waals surface area contributed by atoms with Crippen molar-refractivity contribution in [3.8, 4) is 0 Å². The van der Waals surface area contributed by atoms with E-state index in [0.29, 0.717) is 17.8 Å². The second-order valence-electron chi connectivity index (χ2n) is 5.22. The maximum atomic E-state index is 5.83. The van der Waals surface area contributed by atoms with E-state index in [-0.39, 0.29) is 0 Å². The molecular weight excluding hydrogens is 198 g/mol. The van der Waals surface area contributed by atoms with Crippen LogP contribution in [0, 0.1) is 0 Å². The van der Waals surface area contributed by atoms with Gasteiger partial charge < -0.3 is 5.73 Å². The lowest BCUT2D eigenvalue weighted by Gasteiger charge is -2.18. The van der Waals surface area contributed by atoms with Gasteiger partial charge in [-0.15, -0.1) is 0 Å². The van der Waals surface area contributed by atoms with Crippen LogP contribution in [0.15, 0.2) is 6.07 Å². The van der Waals surface area contributed by atoms with Crippen molar-refractivity contribution in [2.45, 2.75) is 64.3 Å².